The molecule has 17 heavy (non-hydrogen) atoms. The topological polar surface area (TPSA) is 31.4 Å². The first-order chi connectivity index (χ1) is 8.35. The molecule has 0 N–H and O–H groups in total. The molecule has 0 radical (unpaired) electrons. The van der Waals surface area contributed by atoms with Gasteiger partial charge in [0.2, 0.25) is 0 Å². The summed E-state index contributed by atoms with van der Waals surface area (Å²) in [6.45, 7) is 5.20. The highest BCUT2D eigenvalue weighted by atomic mass is 16.7. The van der Waals surface area contributed by atoms with Gasteiger partial charge in [0.1, 0.15) is 0 Å². The minimum Gasteiger partial charge on any atom is -0.349 e. The fourth-order valence-corrected chi connectivity index (χ4v) is 1.78. The van der Waals surface area contributed by atoms with E-state index in [1.807, 2.05) is 38.1 Å². The smallest absolute Gasteiger partial charge is 0.183 e. The van der Waals surface area contributed by atoms with Crippen molar-refractivity contribution in [3.05, 3.63) is 42.1 Å². The van der Waals surface area contributed by atoms with Gasteiger partial charge < -0.3 is 9.47 Å². The lowest BCUT2D eigenvalue weighted by molar-refractivity contribution is -0.140. The van der Waals surface area contributed by atoms with E-state index in [1.165, 1.54) is 0 Å². The minimum absolute atomic E-state index is 0.283. The van der Waals surface area contributed by atoms with Gasteiger partial charge in [-0.15, -0.1) is 0 Å². The second-order valence-corrected chi connectivity index (χ2v) is 3.70. The van der Waals surface area contributed by atoms with E-state index in [4.69, 9.17) is 9.47 Å². The van der Waals surface area contributed by atoms with Gasteiger partial charge in [0, 0.05) is 30.4 Å². The Morgan fingerprint density at radius 3 is 2.59 bits per heavy atom. The number of nitrogens with zero attached hydrogens (tertiary/aromatic N) is 1. The molecule has 0 spiro atoms. The Balaban J connectivity index is 2.32. The van der Waals surface area contributed by atoms with Crippen LogP contribution in [0.3, 0.4) is 0 Å². The first-order valence-corrected chi connectivity index (χ1v) is 5.93. The van der Waals surface area contributed by atoms with Crippen LogP contribution < -0.4 is 0 Å². The van der Waals surface area contributed by atoms with Crippen LogP contribution in [0.4, 0.5) is 0 Å². The molecule has 3 heteroatoms. The van der Waals surface area contributed by atoms with Gasteiger partial charge in [-0.05, 0) is 32.0 Å². The molecule has 90 valence electrons. The summed E-state index contributed by atoms with van der Waals surface area (Å²) in [5.74, 6) is 0. The van der Waals surface area contributed by atoms with Gasteiger partial charge in [0.05, 0.1) is 5.52 Å². The Morgan fingerprint density at radius 2 is 1.88 bits per heavy atom. The van der Waals surface area contributed by atoms with Gasteiger partial charge in [-0.3, -0.25) is 4.98 Å². The minimum atomic E-state index is -0.283. The summed E-state index contributed by atoms with van der Waals surface area (Å²) in [7, 11) is 0. The Kier molecular flexibility index (Phi) is 4.07. The zero-order valence-electron chi connectivity index (χ0n) is 10.2. The molecular weight excluding hydrogens is 214 g/mol. The molecule has 0 aliphatic heterocycles. The Morgan fingerprint density at radius 1 is 1.12 bits per heavy atom. The predicted molar refractivity (Wildman–Crippen MR) is 67.7 cm³/mol. The molecule has 1 heterocycles. The lowest BCUT2D eigenvalue weighted by Crippen LogP contribution is -2.08. The van der Waals surface area contributed by atoms with Gasteiger partial charge in [-0.25, -0.2) is 0 Å². The fraction of sp³-hybridized carbons (Fsp3) is 0.357. The Bertz CT molecular complexity index is 478. The number of aromatic nitrogens is 1. The van der Waals surface area contributed by atoms with Crippen molar-refractivity contribution in [2.75, 3.05) is 13.2 Å². The SMILES string of the molecule is CCOC(OCC)c1ccc2ncccc2c1. The van der Waals surface area contributed by atoms with Gasteiger partial charge in [-0.1, -0.05) is 12.1 Å². The molecule has 0 unspecified atom stereocenters. The molecule has 3 nitrogen and oxygen atoms in total. The van der Waals surface area contributed by atoms with Gasteiger partial charge in [-0.2, -0.15) is 0 Å². The number of pyridine rings is 1. The maximum Gasteiger partial charge on any atom is 0.183 e. The van der Waals surface area contributed by atoms with Crippen LogP contribution in [-0.2, 0) is 9.47 Å². The highest BCUT2D eigenvalue weighted by molar-refractivity contribution is 5.78. The number of fused-ring (bicyclic) bond motifs is 1. The van der Waals surface area contributed by atoms with E-state index in [-0.39, 0.29) is 6.29 Å². The zero-order valence-corrected chi connectivity index (χ0v) is 10.2. The normalized spacial score (nSPS) is 11.2. The van der Waals surface area contributed by atoms with Crippen LogP contribution in [0, 0.1) is 0 Å². The van der Waals surface area contributed by atoms with E-state index in [2.05, 4.69) is 11.1 Å². The standard InChI is InChI=1S/C14H17NO2/c1-3-16-14(17-4-2)12-7-8-13-11(10-12)6-5-9-15-13/h5-10,14H,3-4H2,1-2H3. The van der Waals surface area contributed by atoms with Crippen LogP contribution in [0.2, 0.25) is 0 Å². The second-order valence-electron chi connectivity index (χ2n) is 3.70. The summed E-state index contributed by atoms with van der Waals surface area (Å²) in [5, 5.41) is 1.11. The van der Waals surface area contributed by atoms with E-state index in [0.717, 1.165) is 16.5 Å². The van der Waals surface area contributed by atoms with Crippen LogP contribution in [0.15, 0.2) is 36.5 Å². The van der Waals surface area contributed by atoms with E-state index in [1.54, 1.807) is 6.20 Å². The lowest BCUT2D eigenvalue weighted by Gasteiger charge is -2.17. The summed E-state index contributed by atoms with van der Waals surface area (Å²) < 4.78 is 11.1. The number of ether oxygens (including phenoxy) is 2. The molecule has 0 saturated heterocycles. The quantitative estimate of drug-likeness (QED) is 0.740. The molecule has 0 aliphatic rings. The molecule has 1 aromatic heterocycles. The molecule has 0 amide bonds. The highest BCUT2D eigenvalue weighted by Crippen LogP contribution is 2.22. The number of hydrogen-bond acceptors (Lipinski definition) is 3. The van der Waals surface area contributed by atoms with Gasteiger partial charge >= 0.3 is 0 Å². The highest BCUT2D eigenvalue weighted by Gasteiger charge is 2.11. The molecule has 0 aliphatic carbocycles. The monoisotopic (exact) mass is 231 g/mol. The van der Waals surface area contributed by atoms with Gasteiger partial charge in [0.25, 0.3) is 0 Å². The maximum absolute atomic E-state index is 5.57. The van der Waals surface area contributed by atoms with E-state index in [9.17, 15) is 0 Å². The first kappa shape index (κ1) is 12.0. The van der Waals surface area contributed by atoms with Crippen molar-refractivity contribution in [2.24, 2.45) is 0 Å². The van der Waals surface area contributed by atoms with Crippen LogP contribution in [0.5, 0.6) is 0 Å². The third kappa shape index (κ3) is 2.81. The largest absolute Gasteiger partial charge is 0.349 e. The molecular formula is C14H17NO2. The Labute approximate surface area is 101 Å². The van der Waals surface area contributed by atoms with Crippen molar-refractivity contribution in [1.29, 1.82) is 0 Å². The molecule has 0 atom stereocenters. The molecule has 0 fully saturated rings. The summed E-state index contributed by atoms with van der Waals surface area (Å²) in [5.41, 5.74) is 2.03. The lowest BCUT2D eigenvalue weighted by atomic mass is 10.1. The third-order valence-electron chi connectivity index (χ3n) is 2.54. The summed E-state index contributed by atoms with van der Waals surface area (Å²) >= 11 is 0. The van der Waals surface area contributed by atoms with Crippen molar-refractivity contribution in [2.45, 2.75) is 20.1 Å². The molecule has 1 aromatic carbocycles. The maximum atomic E-state index is 5.57. The summed E-state index contributed by atoms with van der Waals surface area (Å²) in [6, 6.07) is 10.0. The van der Waals surface area contributed by atoms with Crippen LogP contribution in [0.25, 0.3) is 10.9 Å². The predicted octanol–water partition coefficient (Wildman–Crippen LogP) is 3.31. The average Bonchev–Trinajstić information content (AvgIpc) is 2.38. The van der Waals surface area contributed by atoms with E-state index >= 15 is 0 Å². The average molecular weight is 231 g/mol. The summed E-state index contributed by atoms with van der Waals surface area (Å²) in [4.78, 5) is 4.29. The number of benzene rings is 1. The molecule has 2 rings (SSSR count). The van der Waals surface area contributed by atoms with E-state index in [0.29, 0.717) is 13.2 Å². The fourth-order valence-electron chi connectivity index (χ4n) is 1.78. The third-order valence-corrected chi connectivity index (χ3v) is 2.54. The van der Waals surface area contributed by atoms with E-state index < -0.39 is 0 Å². The molecule has 2 aromatic rings. The number of hydrogen-bond donors (Lipinski definition) is 0. The van der Waals surface area contributed by atoms with Gasteiger partial charge in [0.15, 0.2) is 6.29 Å². The molecule has 0 saturated carbocycles. The molecule has 0 bridgehead atoms. The second kappa shape index (κ2) is 5.75. The van der Waals surface area contributed by atoms with Crippen molar-refractivity contribution >= 4 is 10.9 Å². The van der Waals surface area contributed by atoms with Crippen molar-refractivity contribution in [3.63, 3.8) is 0 Å². The zero-order chi connectivity index (χ0) is 12.1. The van der Waals surface area contributed by atoms with Crippen LogP contribution in [0.1, 0.15) is 25.7 Å². The van der Waals surface area contributed by atoms with Crippen molar-refractivity contribution in [1.82, 2.24) is 4.98 Å². The Hall–Kier alpha value is -1.45. The van der Waals surface area contributed by atoms with Crippen molar-refractivity contribution in [3.8, 4) is 0 Å². The van der Waals surface area contributed by atoms with Crippen LogP contribution in [-0.4, -0.2) is 18.2 Å². The summed E-state index contributed by atoms with van der Waals surface area (Å²) in [6.07, 6.45) is 1.51. The van der Waals surface area contributed by atoms with Crippen molar-refractivity contribution < 1.29 is 9.47 Å². The number of rotatable bonds is 5. The van der Waals surface area contributed by atoms with Crippen LogP contribution >= 0.6 is 0 Å². The first-order valence-electron chi connectivity index (χ1n) is 5.93.